The molecule has 0 aliphatic rings. The number of methoxy groups -OCH3 is 1. The summed E-state index contributed by atoms with van der Waals surface area (Å²) in [5, 5.41) is 2.54. The summed E-state index contributed by atoms with van der Waals surface area (Å²) in [5.41, 5.74) is 2.44. The Morgan fingerprint density at radius 3 is 2.36 bits per heavy atom. The van der Waals surface area contributed by atoms with Crippen molar-refractivity contribution in [3.8, 4) is 0 Å². The van der Waals surface area contributed by atoms with E-state index < -0.39 is 24.5 Å². The number of amides is 1. The first-order chi connectivity index (χ1) is 12.0. The number of benzene rings is 2. The third-order valence-electron chi connectivity index (χ3n) is 3.44. The summed E-state index contributed by atoms with van der Waals surface area (Å²) in [6.45, 7) is 1.53. The predicted octanol–water partition coefficient (Wildman–Crippen LogP) is 2.51. The van der Waals surface area contributed by atoms with Crippen molar-refractivity contribution in [2.24, 2.45) is 0 Å². The van der Waals surface area contributed by atoms with Crippen LogP contribution in [0.1, 0.15) is 21.5 Å². The first-order valence-electron chi connectivity index (χ1n) is 7.68. The van der Waals surface area contributed by atoms with Gasteiger partial charge in [-0.25, -0.2) is 4.79 Å². The smallest absolute Gasteiger partial charge is 0.339 e. The Balaban J connectivity index is 1.87. The van der Waals surface area contributed by atoms with E-state index in [2.05, 4.69) is 10.1 Å². The molecule has 0 fully saturated rings. The summed E-state index contributed by atoms with van der Waals surface area (Å²) in [6.07, 6.45) is 0.0896. The molecule has 2 rings (SSSR count). The largest absolute Gasteiger partial charge is 0.465 e. The lowest BCUT2D eigenvalue weighted by Gasteiger charge is -2.10. The summed E-state index contributed by atoms with van der Waals surface area (Å²) in [5.74, 6) is -1.60. The van der Waals surface area contributed by atoms with Gasteiger partial charge in [-0.3, -0.25) is 9.59 Å². The summed E-state index contributed by atoms with van der Waals surface area (Å²) < 4.78 is 9.63. The molecule has 0 heterocycles. The third-order valence-corrected chi connectivity index (χ3v) is 3.44. The molecule has 2 aromatic rings. The molecule has 1 N–H and O–H groups in total. The van der Waals surface area contributed by atoms with Crippen LogP contribution in [-0.4, -0.2) is 31.6 Å². The van der Waals surface area contributed by atoms with Crippen molar-refractivity contribution in [2.75, 3.05) is 19.0 Å². The first kappa shape index (κ1) is 18.2. The zero-order chi connectivity index (χ0) is 18.2. The standard InChI is InChI=1S/C19H19NO5/c1-13-7-9-14(10-8-13)11-18(22)25-12-17(21)20-16-6-4-3-5-15(16)19(23)24-2/h3-10H,11-12H2,1-2H3,(H,20,21). The van der Waals surface area contributed by atoms with Gasteiger partial charge in [0.25, 0.3) is 5.91 Å². The van der Waals surface area contributed by atoms with Crippen LogP contribution in [0.2, 0.25) is 0 Å². The zero-order valence-electron chi connectivity index (χ0n) is 14.1. The Morgan fingerprint density at radius 1 is 1.00 bits per heavy atom. The van der Waals surface area contributed by atoms with Crippen LogP contribution in [0, 0.1) is 6.92 Å². The Kier molecular flexibility index (Phi) is 6.28. The van der Waals surface area contributed by atoms with Gasteiger partial charge in [-0.2, -0.15) is 0 Å². The minimum absolute atomic E-state index is 0.0896. The van der Waals surface area contributed by atoms with Crippen molar-refractivity contribution in [3.05, 3.63) is 65.2 Å². The number of para-hydroxylation sites is 1. The molecule has 6 nitrogen and oxygen atoms in total. The number of nitrogens with one attached hydrogen (secondary N) is 1. The van der Waals surface area contributed by atoms with E-state index in [1.54, 1.807) is 18.2 Å². The average molecular weight is 341 g/mol. The molecule has 1 amide bonds. The molecule has 0 aromatic heterocycles. The summed E-state index contributed by atoms with van der Waals surface area (Å²) in [7, 11) is 1.26. The van der Waals surface area contributed by atoms with E-state index in [0.29, 0.717) is 5.69 Å². The maximum absolute atomic E-state index is 11.9. The second-order valence-electron chi connectivity index (χ2n) is 5.41. The van der Waals surface area contributed by atoms with Gasteiger partial charge in [-0.1, -0.05) is 42.0 Å². The van der Waals surface area contributed by atoms with Crippen LogP contribution in [0.15, 0.2) is 48.5 Å². The zero-order valence-corrected chi connectivity index (χ0v) is 14.1. The summed E-state index contributed by atoms with van der Waals surface area (Å²) in [6, 6.07) is 13.9. The molecule has 0 saturated heterocycles. The molecule has 25 heavy (non-hydrogen) atoms. The lowest BCUT2D eigenvalue weighted by Crippen LogP contribution is -2.22. The number of hydrogen-bond acceptors (Lipinski definition) is 5. The highest BCUT2D eigenvalue weighted by Gasteiger charge is 2.14. The van der Waals surface area contributed by atoms with Gasteiger partial charge in [-0.15, -0.1) is 0 Å². The fourth-order valence-electron chi connectivity index (χ4n) is 2.14. The molecule has 0 aliphatic carbocycles. The monoisotopic (exact) mass is 341 g/mol. The maximum atomic E-state index is 11.9. The molecule has 0 aliphatic heterocycles. The first-order valence-corrected chi connectivity index (χ1v) is 7.68. The van der Waals surface area contributed by atoms with E-state index in [1.165, 1.54) is 13.2 Å². The van der Waals surface area contributed by atoms with Gasteiger partial charge in [0.05, 0.1) is 24.8 Å². The van der Waals surface area contributed by atoms with E-state index in [9.17, 15) is 14.4 Å². The molecule has 0 atom stereocenters. The van der Waals surface area contributed by atoms with E-state index in [1.807, 2.05) is 31.2 Å². The van der Waals surface area contributed by atoms with Crippen LogP contribution in [0.25, 0.3) is 0 Å². The van der Waals surface area contributed by atoms with Gasteiger partial charge in [-0.05, 0) is 24.6 Å². The third kappa shape index (κ3) is 5.46. The maximum Gasteiger partial charge on any atom is 0.339 e. The molecular formula is C19H19NO5. The van der Waals surface area contributed by atoms with Crippen molar-refractivity contribution in [2.45, 2.75) is 13.3 Å². The Bertz CT molecular complexity index is 768. The number of ether oxygens (including phenoxy) is 2. The average Bonchev–Trinajstić information content (AvgIpc) is 2.62. The quantitative estimate of drug-likeness (QED) is 0.817. The van der Waals surface area contributed by atoms with Crippen molar-refractivity contribution < 1.29 is 23.9 Å². The van der Waals surface area contributed by atoms with Crippen LogP contribution in [-0.2, 0) is 25.5 Å². The minimum Gasteiger partial charge on any atom is -0.465 e. The van der Waals surface area contributed by atoms with Gasteiger partial charge >= 0.3 is 11.9 Å². The molecular weight excluding hydrogens is 322 g/mol. The lowest BCUT2D eigenvalue weighted by atomic mass is 10.1. The number of anilines is 1. The molecule has 0 unspecified atom stereocenters. The number of aryl methyl sites for hydroxylation is 1. The SMILES string of the molecule is COC(=O)c1ccccc1NC(=O)COC(=O)Cc1ccc(C)cc1. The number of hydrogen-bond donors (Lipinski definition) is 1. The highest BCUT2D eigenvalue weighted by Crippen LogP contribution is 2.15. The van der Waals surface area contributed by atoms with Gasteiger partial charge in [0, 0.05) is 0 Å². The Morgan fingerprint density at radius 2 is 1.68 bits per heavy atom. The summed E-state index contributed by atoms with van der Waals surface area (Å²) >= 11 is 0. The Hall–Kier alpha value is -3.15. The van der Waals surface area contributed by atoms with Crippen LogP contribution in [0.4, 0.5) is 5.69 Å². The van der Waals surface area contributed by atoms with Crippen LogP contribution in [0.3, 0.4) is 0 Å². The van der Waals surface area contributed by atoms with E-state index in [0.717, 1.165) is 11.1 Å². The van der Waals surface area contributed by atoms with Gasteiger partial charge in [0.1, 0.15) is 0 Å². The van der Waals surface area contributed by atoms with Crippen LogP contribution in [0.5, 0.6) is 0 Å². The molecule has 0 bridgehead atoms. The molecule has 0 saturated carbocycles. The Labute approximate surface area is 145 Å². The predicted molar refractivity (Wildman–Crippen MR) is 92.3 cm³/mol. The van der Waals surface area contributed by atoms with E-state index in [-0.39, 0.29) is 12.0 Å². The highest BCUT2D eigenvalue weighted by atomic mass is 16.5. The van der Waals surface area contributed by atoms with Crippen molar-refractivity contribution in [3.63, 3.8) is 0 Å². The van der Waals surface area contributed by atoms with Gasteiger partial charge in [0.2, 0.25) is 0 Å². The number of carbonyl (C=O) groups excluding carboxylic acids is 3. The van der Waals surface area contributed by atoms with Crippen LogP contribution >= 0.6 is 0 Å². The number of esters is 2. The van der Waals surface area contributed by atoms with Crippen molar-refractivity contribution >= 4 is 23.5 Å². The fourth-order valence-corrected chi connectivity index (χ4v) is 2.14. The molecule has 130 valence electrons. The molecule has 0 radical (unpaired) electrons. The minimum atomic E-state index is -0.563. The number of carbonyl (C=O) groups is 3. The number of rotatable bonds is 6. The van der Waals surface area contributed by atoms with E-state index in [4.69, 9.17) is 4.74 Å². The molecule has 0 spiro atoms. The second kappa shape index (κ2) is 8.63. The lowest BCUT2D eigenvalue weighted by molar-refractivity contribution is -0.146. The fraction of sp³-hybridized carbons (Fsp3) is 0.211. The second-order valence-corrected chi connectivity index (χ2v) is 5.41. The van der Waals surface area contributed by atoms with Crippen LogP contribution < -0.4 is 5.32 Å². The topological polar surface area (TPSA) is 81.7 Å². The molecule has 6 heteroatoms. The summed E-state index contributed by atoms with van der Waals surface area (Å²) in [4.78, 5) is 35.4. The van der Waals surface area contributed by atoms with E-state index >= 15 is 0 Å². The molecule has 2 aromatic carbocycles. The van der Waals surface area contributed by atoms with Crippen molar-refractivity contribution in [1.82, 2.24) is 0 Å². The normalized spacial score (nSPS) is 10.0. The van der Waals surface area contributed by atoms with Crippen molar-refractivity contribution in [1.29, 1.82) is 0 Å². The van der Waals surface area contributed by atoms with Gasteiger partial charge < -0.3 is 14.8 Å². The highest BCUT2D eigenvalue weighted by molar-refractivity contribution is 6.01. The van der Waals surface area contributed by atoms with Gasteiger partial charge in [0.15, 0.2) is 6.61 Å².